The molecule has 1 aromatic heterocycles. The summed E-state index contributed by atoms with van der Waals surface area (Å²) in [6.45, 7) is 6.88. The van der Waals surface area contributed by atoms with Gasteiger partial charge in [-0.15, -0.1) is 0 Å². The van der Waals surface area contributed by atoms with E-state index in [0.717, 1.165) is 38.4 Å². The van der Waals surface area contributed by atoms with Crippen LogP contribution in [0.2, 0.25) is 0 Å². The van der Waals surface area contributed by atoms with Crippen molar-refractivity contribution in [3.63, 3.8) is 0 Å². The molecule has 0 atom stereocenters. The number of nitrogens with zero attached hydrogens (tertiary/aromatic N) is 4. The molecule has 100 valence electrons. The van der Waals surface area contributed by atoms with Gasteiger partial charge >= 0.3 is 0 Å². The first-order chi connectivity index (χ1) is 8.78. The summed E-state index contributed by atoms with van der Waals surface area (Å²) in [4.78, 5) is 10.6. The van der Waals surface area contributed by atoms with Gasteiger partial charge in [-0.2, -0.15) is 0 Å². The van der Waals surface area contributed by atoms with E-state index in [1.54, 1.807) is 0 Å². The third kappa shape index (κ3) is 3.82. The first kappa shape index (κ1) is 13.0. The highest BCUT2D eigenvalue weighted by Crippen LogP contribution is 2.12. The summed E-state index contributed by atoms with van der Waals surface area (Å²) in [5, 5.41) is 2.17. The highest BCUT2D eigenvalue weighted by molar-refractivity contribution is 5.36. The van der Waals surface area contributed by atoms with Crippen LogP contribution in [0.15, 0.2) is 12.4 Å². The maximum Gasteiger partial charge on any atom is 0.218 e. The largest absolute Gasteiger partial charge is 0.478 e. The van der Waals surface area contributed by atoms with Gasteiger partial charge in [0.15, 0.2) is 0 Å². The predicted octanol–water partition coefficient (Wildman–Crippen LogP) is 0.840. The molecular formula is C12H21N5O. The molecule has 1 aliphatic heterocycles. The van der Waals surface area contributed by atoms with Crippen molar-refractivity contribution in [3.05, 3.63) is 12.4 Å². The number of hydrazine groups is 1. The van der Waals surface area contributed by atoms with Crippen LogP contribution in [0.4, 0.5) is 5.82 Å². The third-order valence-electron chi connectivity index (χ3n) is 2.87. The molecule has 0 radical (unpaired) electrons. The lowest BCUT2D eigenvalue weighted by molar-refractivity contribution is 0.178. The van der Waals surface area contributed by atoms with E-state index in [0.29, 0.717) is 12.5 Å². The van der Waals surface area contributed by atoms with E-state index >= 15 is 0 Å². The zero-order valence-electron chi connectivity index (χ0n) is 11.1. The number of hydrogen-bond acceptors (Lipinski definition) is 6. The second-order valence-corrected chi connectivity index (χ2v) is 4.49. The lowest BCUT2D eigenvalue weighted by atomic mass is 10.4. The molecule has 0 aromatic carbocycles. The van der Waals surface area contributed by atoms with Crippen LogP contribution in [0.5, 0.6) is 5.88 Å². The van der Waals surface area contributed by atoms with Crippen LogP contribution in [0.3, 0.4) is 0 Å². The Morgan fingerprint density at radius 1 is 1.28 bits per heavy atom. The molecule has 2 rings (SSSR count). The molecule has 0 saturated carbocycles. The van der Waals surface area contributed by atoms with Crippen molar-refractivity contribution in [1.82, 2.24) is 19.9 Å². The van der Waals surface area contributed by atoms with Crippen molar-refractivity contribution >= 4 is 5.82 Å². The molecular weight excluding hydrogens is 230 g/mol. The first-order valence-corrected chi connectivity index (χ1v) is 6.43. The molecule has 6 nitrogen and oxygen atoms in total. The van der Waals surface area contributed by atoms with Crippen LogP contribution in [-0.2, 0) is 0 Å². The van der Waals surface area contributed by atoms with E-state index in [-0.39, 0.29) is 0 Å². The Balaban J connectivity index is 1.88. The molecule has 18 heavy (non-hydrogen) atoms. The van der Waals surface area contributed by atoms with E-state index in [9.17, 15) is 0 Å². The summed E-state index contributed by atoms with van der Waals surface area (Å²) < 4.78 is 5.48. The van der Waals surface area contributed by atoms with Gasteiger partial charge in [-0.05, 0) is 13.5 Å². The minimum atomic E-state index is 0.628. The zero-order chi connectivity index (χ0) is 12.8. The van der Waals surface area contributed by atoms with Gasteiger partial charge in [-0.1, -0.05) is 6.92 Å². The first-order valence-electron chi connectivity index (χ1n) is 6.43. The molecule has 0 unspecified atom stereocenters. The molecule has 1 saturated heterocycles. The van der Waals surface area contributed by atoms with Gasteiger partial charge in [-0.3, -0.25) is 0 Å². The molecule has 1 aliphatic rings. The summed E-state index contributed by atoms with van der Waals surface area (Å²) in [5.74, 6) is 1.42. The average Bonchev–Trinajstić information content (AvgIpc) is 2.40. The average molecular weight is 251 g/mol. The van der Waals surface area contributed by atoms with Gasteiger partial charge < -0.3 is 15.1 Å². The molecule has 0 bridgehead atoms. The van der Waals surface area contributed by atoms with Crippen LogP contribution in [-0.4, -0.2) is 59.7 Å². The van der Waals surface area contributed by atoms with E-state index in [2.05, 4.69) is 39.3 Å². The quantitative estimate of drug-likeness (QED) is 0.837. The number of rotatable bonds is 5. The van der Waals surface area contributed by atoms with Crippen LogP contribution in [0, 0.1) is 0 Å². The van der Waals surface area contributed by atoms with Gasteiger partial charge in [0.05, 0.1) is 6.61 Å². The predicted molar refractivity (Wildman–Crippen MR) is 70.5 cm³/mol. The van der Waals surface area contributed by atoms with Crippen LogP contribution >= 0.6 is 0 Å². The fourth-order valence-electron chi connectivity index (χ4n) is 1.77. The number of aromatic nitrogens is 2. The second kappa shape index (κ2) is 6.51. The minimum absolute atomic E-state index is 0.628. The molecule has 1 fully saturated rings. The number of anilines is 1. The summed E-state index contributed by atoms with van der Waals surface area (Å²) in [7, 11) is 2.14. The van der Waals surface area contributed by atoms with Crippen molar-refractivity contribution in [1.29, 1.82) is 0 Å². The number of piperazine rings is 1. The Hall–Kier alpha value is -1.40. The van der Waals surface area contributed by atoms with Crippen molar-refractivity contribution in [2.24, 2.45) is 0 Å². The SMILES string of the molecule is CCCOc1cc(NN2CCN(C)CC2)ncn1. The smallest absolute Gasteiger partial charge is 0.218 e. The van der Waals surface area contributed by atoms with E-state index < -0.39 is 0 Å². The monoisotopic (exact) mass is 251 g/mol. The maximum atomic E-state index is 5.48. The lowest BCUT2D eigenvalue weighted by Gasteiger charge is -2.32. The Morgan fingerprint density at radius 3 is 2.78 bits per heavy atom. The fourth-order valence-corrected chi connectivity index (χ4v) is 1.77. The number of likely N-dealkylation sites (N-methyl/N-ethyl adjacent to an activating group) is 1. The summed E-state index contributed by atoms with van der Waals surface area (Å²) in [5.41, 5.74) is 3.29. The van der Waals surface area contributed by atoms with Crippen LogP contribution in [0.25, 0.3) is 0 Å². The topological polar surface area (TPSA) is 53.5 Å². The number of hydrogen-bond donors (Lipinski definition) is 1. The highest BCUT2D eigenvalue weighted by atomic mass is 16.5. The van der Waals surface area contributed by atoms with Gasteiger partial charge in [-0.25, -0.2) is 15.0 Å². The van der Waals surface area contributed by atoms with Crippen LogP contribution < -0.4 is 10.2 Å². The second-order valence-electron chi connectivity index (χ2n) is 4.49. The molecule has 1 aromatic rings. The van der Waals surface area contributed by atoms with Gasteiger partial charge in [0.2, 0.25) is 5.88 Å². The van der Waals surface area contributed by atoms with E-state index in [4.69, 9.17) is 4.74 Å². The maximum absolute atomic E-state index is 5.48. The fraction of sp³-hybridized carbons (Fsp3) is 0.667. The van der Waals surface area contributed by atoms with Gasteiger partial charge in [0.1, 0.15) is 12.1 Å². The zero-order valence-corrected chi connectivity index (χ0v) is 11.1. The summed E-state index contributed by atoms with van der Waals surface area (Å²) in [6.07, 6.45) is 2.51. The molecule has 0 aliphatic carbocycles. The Morgan fingerprint density at radius 2 is 2.06 bits per heavy atom. The Kier molecular flexibility index (Phi) is 4.72. The number of nitrogens with one attached hydrogen (secondary N) is 1. The highest BCUT2D eigenvalue weighted by Gasteiger charge is 2.13. The summed E-state index contributed by atoms with van der Waals surface area (Å²) >= 11 is 0. The van der Waals surface area contributed by atoms with Crippen LogP contribution in [0.1, 0.15) is 13.3 Å². The van der Waals surface area contributed by atoms with Crippen molar-refractivity contribution in [3.8, 4) is 5.88 Å². The normalized spacial score (nSPS) is 17.7. The van der Waals surface area contributed by atoms with Crippen molar-refractivity contribution in [2.75, 3.05) is 45.3 Å². The third-order valence-corrected chi connectivity index (χ3v) is 2.87. The number of ether oxygens (including phenoxy) is 1. The summed E-state index contributed by atoms with van der Waals surface area (Å²) in [6, 6.07) is 1.84. The molecule has 2 heterocycles. The standard InChI is InChI=1S/C12H21N5O/c1-3-8-18-12-9-11(13-10-14-12)15-17-6-4-16(2)5-7-17/h9-10H,3-8H2,1-2H3,(H,13,14,15). The van der Waals surface area contributed by atoms with Gasteiger partial charge in [0, 0.05) is 32.2 Å². The van der Waals surface area contributed by atoms with E-state index in [1.165, 1.54) is 6.33 Å². The van der Waals surface area contributed by atoms with Gasteiger partial charge in [0.25, 0.3) is 0 Å². The molecule has 0 spiro atoms. The molecule has 0 amide bonds. The Labute approximate surface area is 108 Å². The van der Waals surface area contributed by atoms with E-state index in [1.807, 2.05) is 6.07 Å². The van der Waals surface area contributed by atoms with Crippen molar-refractivity contribution in [2.45, 2.75) is 13.3 Å². The molecule has 6 heteroatoms. The van der Waals surface area contributed by atoms with Crippen molar-refractivity contribution < 1.29 is 4.74 Å². The molecule has 1 N–H and O–H groups in total. The lowest BCUT2D eigenvalue weighted by Crippen LogP contribution is -2.47. The minimum Gasteiger partial charge on any atom is -0.478 e. The Bertz CT molecular complexity index is 365.